The van der Waals surface area contributed by atoms with Gasteiger partial charge in [0.25, 0.3) is 5.91 Å². The second kappa shape index (κ2) is 9.24. The minimum atomic E-state index is -0.117. The summed E-state index contributed by atoms with van der Waals surface area (Å²) in [5.41, 5.74) is 2.72. The van der Waals surface area contributed by atoms with Crippen LogP contribution in [0.15, 0.2) is 67.3 Å². The van der Waals surface area contributed by atoms with E-state index in [4.69, 9.17) is 0 Å². The molecule has 0 aliphatic carbocycles. The van der Waals surface area contributed by atoms with E-state index in [9.17, 15) is 4.79 Å². The standard InChI is InChI=1S/C24H29N5O/c1-3-13-29-22-12-8-7-11-21(22)23(26-29)24(30)25-20-17-27(2)14-15-28(18-20)16-19-9-5-4-6-10-19/h3-12,20H,1,13-18H2,2H3,(H,25,30). The lowest BCUT2D eigenvalue weighted by atomic mass is 10.1. The molecule has 6 nitrogen and oxygen atoms in total. The fourth-order valence-electron chi connectivity index (χ4n) is 4.13. The van der Waals surface area contributed by atoms with Crippen molar-refractivity contribution in [3.05, 3.63) is 78.5 Å². The van der Waals surface area contributed by atoms with Crippen molar-refractivity contribution in [1.29, 1.82) is 0 Å². The number of nitrogens with one attached hydrogen (secondary N) is 1. The van der Waals surface area contributed by atoms with Crippen LogP contribution in [0.4, 0.5) is 0 Å². The van der Waals surface area contributed by atoms with Gasteiger partial charge in [-0.2, -0.15) is 5.10 Å². The normalized spacial score (nSPS) is 18.2. The van der Waals surface area contributed by atoms with Crippen LogP contribution in [0.1, 0.15) is 16.1 Å². The minimum Gasteiger partial charge on any atom is -0.345 e. The molecule has 0 saturated carbocycles. The smallest absolute Gasteiger partial charge is 0.272 e. The quantitative estimate of drug-likeness (QED) is 0.643. The fraction of sp³-hybridized carbons (Fsp3) is 0.333. The van der Waals surface area contributed by atoms with E-state index in [-0.39, 0.29) is 11.9 Å². The number of hydrogen-bond acceptors (Lipinski definition) is 4. The Balaban J connectivity index is 1.51. The van der Waals surface area contributed by atoms with Crippen LogP contribution in [0.5, 0.6) is 0 Å². The first-order chi connectivity index (χ1) is 14.6. The molecule has 1 aliphatic heterocycles. The summed E-state index contributed by atoms with van der Waals surface area (Å²) in [5.74, 6) is -0.117. The summed E-state index contributed by atoms with van der Waals surface area (Å²) in [5, 5.41) is 8.70. The van der Waals surface area contributed by atoms with E-state index in [0.29, 0.717) is 12.2 Å². The van der Waals surface area contributed by atoms with Crippen molar-refractivity contribution < 1.29 is 4.79 Å². The Bertz CT molecular complexity index is 1010. The Hall–Kier alpha value is -2.96. The van der Waals surface area contributed by atoms with Gasteiger partial charge in [-0.3, -0.25) is 14.4 Å². The van der Waals surface area contributed by atoms with Gasteiger partial charge in [-0.15, -0.1) is 6.58 Å². The highest BCUT2D eigenvalue weighted by molar-refractivity contribution is 6.05. The van der Waals surface area contributed by atoms with Crippen molar-refractivity contribution in [1.82, 2.24) is 24.9 Å². The maximum absolute atomic E-state index is 13.2. The third kappa shape index (κ3) is 4.61. The van der Waals surface area contributed by atoms with E-state index in [0.717, 1.165) is 43.6 Å². The van der Waals surface area contributed by atoms with E-state index in [1.165, 1.54) is 5.56 Å². The number of nitrogens with zero attached hydrogens (tertiary/aromatic N) is 4. The molecular weight excluding hydrogens is 374 g/mol. The van der Waals surface area contributed by atoms with Crippen molar-refractivity contribution in [3.63, 3.8) is 0 Å². The molecule has 3 aromatic rings. The van der Waals surface area contributed by atoms with Crippen molar-refractivity contribution >= 4 is 16.8 Å². The summed E-state index contributed by atoms with van der Waals surface area (Å²) < 4.78 is 1.83. The van der Waals surface area contributed by atoms with Gasteiger partial charge in [-0.05, 0) is 18.7 Å². The summed E-state index contributed by atoms with van der Waals surface area (Å²) in [4.78, 5) is 17.9. The molecule has 1 atom stereocenters. The van der Waals surface area contributed by atoms with Crippen LogP contribution >= 0.6 is 0 Å². The first-order valence-corrected chi connectivity index (χ1v) is 10.5. The zero-order valence-electron chi connectivity index (χ0n) is 17.5. The molecule has 1 saturated heterocycles. The lowest BCUT2D eigenvalue weighted by Crippen LogP contribution is -2.46. The Kier molecular flexibility index (Phi) is 6.26. The van der Waals surface area contributed by atoms with E-state index < -0.39 is 0 Å². The molecule has 1 N–H and O–H groups in total. The SMILES string of the molecule is C=CCn1nc(C(=O)NC2CN(C)CCN(Cc3ccccc3)C2)c2ccccc21. The molecule has 1 fully saturated rings. The number of carbonyl (C=O) groups is 1. The Labute approximate surface area is 177 Å². The molecule has 1 amide bonds. The highest BCUT2D eigenvalue weighted by Gasteiger charge is 2.25. The fourth-order valence-corrected chi connectivity index (χ4v) is 4.13. The third-order valence-electron chi connectivity index (χ3n) is 5.57. The summed E-state index contributed by atoms with van der Waals surface area (Å²) >= 11 is 0. The molecule has 0 spiro atoms. The van der Waals surface area contributed by atoms with Gasteiger partial charge in [-0.1, -0.05) is 54.6 Å². The Morgan fingerprint density at radius 2 is 1.90 bits per heavy atom. The van der Waals surface area contributed by atoms with Crippen molar-refractivity contribution in [2.24, 2.45) is 0 Å². The van der Waals surface area contributed by atoms with Gasteiger partial charge >= 0.3 is 0 Å². The molecule has 1 unspecified atom stereocenters. The zero-order valence-corrected chi connectivity index (χ0v) is 17.5. The van der Waals surface area contributed by atoms with Crippen LogP contribution < -0.4 is 5.32 Å². The molecule has 1 aliphatic rings. The first-order valence-electron chi connectivity index (χ1n) is 10.5. The van der Waals surface area contributed by atoms with Gasteiger partial charge in [0, 0.05) is 38.1 Å². The summed E-state index contributed by atoms with van der Waals surface area (Å²) in [6.07, 6.45) is 1.79. The minimum absolute atomic E-state index is 0.0389. The Morgan fingerprint density at radius 3 is 2.70 bits per heavy atom. The lowest BCUT2D eigenvalue weighted by Gasteiger charge is -2.24. The number of benzene rings is 2. The molecule has 0 radical (unpaired) electrons. The number of likely N-dealkylation sites (N-methyl/N-ethyl adjacent to an activating group) is 1. The number of rotatable bonds is 6. The zero-order chi connectivity index (χ0) is 20.9. The van der Waals surface area contributed by atoms with E-state index >= 15 is 0 Å². The lowest BCUT2D eigenvalue weighted by molar-refractivity contribution is 0.0919. The predicted octanol–water partition coefficient (Wildman–Crippen LogP) is 2.77. The molecule has 4 rings (SSSR count). The molecule has 156 valence electrons. The highest BCUT2D eigenvalue weighted by atomic mass is 16.2. The van der Waals surface area contributed by atoms with E-state index in [1.807, 2.05) is 35.0 Å². The molecule has 30 heavy (non-hydrogen) atoms. The van der Waals surface area contributed by atoms with Crippen molar-refractivity contribution in [3.8, 4) is 0 Å². The Morgan fingerprint density at radius 1 is 1.13 bits per heavy atom. The summed E-state index contributed by atoms with van der Waals surface area (Å²) in [7, 11) is 2.11. The van der Waals surface area contributed by atoms with Crippen molar-refractivity contribution in [2.45, 2.75) is 19.1 Å². The largest absolute Gasteiger partial charge is 0.345 e. The molecule has 1 aromatic heterocycles. The molecular formula is C24H29N5O. The molecule has 2 heterocycles. The van der Waals surface area contributed by atoms with Gasteiger partial charge < -0.3 is 10.2 Å². The first kappa shape index (κ1) is 20.3. The number of carbonyl (C=O) groups excluding carboxylic acids is 1. The number of allylic oxidation sites excluding steroid dienone is 1. The predicted molar refractivity (Wildman–Crippen MR) is 120 cm³/mol. The molecule has 0 bridgehead atoms. The average Bonchev–Trinajstić information content (AvgIpc) is 3.02. The van der Waals surface area contributed by atoms with Gasteiger partial charge in [0.2, 0.25) is 0 Å². The number of hydrogen-bond donors (Lipinski definition) is 1. The van der Waals surface area contributed by atoms with Crippen LogP contribution in [0.25, 0.3) is 10.9 Å². The number of aromatic nitrogens is 2. The van der Waals surface area contributed by atoms with Gasteiger partial charge in [0.1, 0.15) is 0 Å². The maximum atomic E-state index is 13.2. The monoisotopic (exact) mass is 403 g/mol. The third-order valence-corrected chi connectivity index (χ3v) is 5.57. The average molecular weight is 404 g/mol. The topological polar surface area (TPSA) is 53.4 Å². The van der Waals surface area contributed by atoms with Crippen LogP contribution in [0.2, 0.25) is 0 Å². The molecule has 6 heteroatoms. The maximum Gasteiger partial charge on any atom is 0.272 e. The molecule has 2 aromatic carbocycles. The van der Waals surface area contributed by atoms with Gasteiger partial charge in [0.15, 0.2) is 5.69 Å². The highest BCUT2D eigenvalue weighted by Crippen LogP contribution is 2.19. The van der Waals surface area contributed by atoms with Gasteiger partial charge in [-0.25, -0.2) is 0 Å². The number of amides is 1. The van der Waals surface area contributed by atoms with Crippen LogP contribution in [0.3, 0.4) is 0 Å². The second-order valence-electron chi connectivity index (χ2n) is 7.99. The summed E-state index contributed by atoms with van der Waals surface area (Å²) in [6, 6.07) is 18.4. The summed E-state index contributed by atoms with van der Waals surface area (Å²) in [6.45, 7) is 8.86. The van der Waals surface area contributed by atoms with E-state index in [2.05, 4.69) is 58.1 Å². The van der Waals surface area contributed by atoms with Crippen molar-refractivity contribution in [2.75, 3.05) is 33.2 Å². The second-order valence-corrected chi connectivity index (χ2v) is 7.99. The van der Waals surface area contributed by atoms with Crippen LogP contribution in [-0.2, 0) is 13.1 Å². The number of para-hydroxylation sites is 1. The van der Waals surface area contributed by atoms with Gasteiger partial charge in [0.05, 0.1) is 18.1 Å². The van der Waals surface area contributed by atoms with Crippen LogP contribution in [0, 0.1) is 0 Å². The van der Waals surface area contributed by atoms with Crippen LogP contribution in [-0.4, -0.2) is 64.8 Å². The number of fused-ring (bicyclic) bond motifs is 1. The van der Waals surface area contributed by atoms with E-state index in [1.54, 1.807) is 6.08 Å².